The van der Waals surface area contributed by atoms with Crippen LogP contribution in [0.3, 0.4) is 0 Å². The Kier molecular flexibility index (Phi) is 5.59. The van der Waals surface area contributed by atoms with Crippen molar-refractivity contribution in [1.82, 2.24) is 0 Å². The van der Waals surface area contributed by atoms with Crippen LogP contribution in [0.4, 0.5) is 0 Å². The van der Waals surface area contributed by atoms with Gasteiger partial charge in [0.15, 0.2) is 11.5 Å². The summed E-state index contributed by atoms with van der Waals surface area (Å²) in [6.45, 7) is 3.41. The van der Waals surface area contributed by atoms with E-state index in [0.29, 0.717) is 10.0 Å². The summed E-state index contributed by atoms with van der Waals surface area (Å²) < 4.78 is 16.0. The molecule has 0 radical (unpaired) electrons. The fraction of sp³-hybridized carbons (Fsp3) is 0.294. The summed E-state index contributed by atoms with van der Waals surface area (Å²) >= 11 is 3.39. The molecule has 1 atom stereocenters. The summed E-state index contributed by atoms with van der Waals surface area (Å²) in [4.78, 5) is 12.4. The quantitative estimate of drug-likeness (QED) is 0.735. The Morgan fingerprint density at radius 2 is 2.20 bits per heavy atom. The van der Waals surface area contributed by atoms with Crippen LogP contribution in [0, 0.1) is 11.3 Å². The number of halogens is 1. The number of nitrogens with two attached hydrogens (primary N) is 1. The molecule has 1 aliphatic heterocycles. The molecule has 1 aromatic rings. The molecule has 0 spiro atoms. The van der Waals surface area contributed by atoms with Gasteiger partial charge in [0.1, 0.15) is 17.4 Å². The van der Waals surface area contributed by atoms with Crippen LogP contribution in [0.25, 0.3) is 0 Å². The van der Waals surface area contributed by atoms with Crippen molar-refractivity contribution in [3.63, 3.8) is 0 Å². The smallest absolute Gasteiger partial charge is 0.338 e. The second-order valence-corrected chi connectivity index (χ2v) is 6.02. The second-order valence-electron chi connectivity index (χ2n) is 5.16. The molecule has 0 fully saturated rings. The Morgan fingerprint density at radius 3 is 2.76 bits per heavy atom. The second kappa shape index (κ2) is 7.49. The van der Waals surface area contributed by atoms with Gasteiger partial charge in [0, 0.05) is 4.47 Å². The van der Waals surface area contributed by atoms with E-state index < -0.39 is 11.9 Å². The van der Waals surface area contributed by atoms with Crippen molar-refractivity contribution in [2.24, 2.45) is 5.73 Å². The number of phenols is 1. The lowest BCUT2D eigenvalue weighted by molar-refractivity contribution is -0.139. The largest absolute Gasteiger partial charge is 0.504 e. The lowest BCUT2D eigenvalue weighted by atomic mass is 9.83. The van der Waals surface area contributed by atoms with Gasteiger partial charge < -0.3 is 25.1 Å². The number of hydrogen-bond acceptors (Lipinski definition) is 7. The number of hydrogen-bond donors (Lipinski definition) is 2. The Labute approximate surface area is 153 Å². The van der Waals surface area contributed by atoms with Gasteiger partial charge in [-0.15, -0.1) is 0 Å². The zero-order valence-electron chi connectivity index (χ0n) is 13.9. The lowest BCUT2D eigenvalue weighted by Gasteiger charge is -2.27. The van der Waals surface area contributed by atoms with Crippen molar-refractivity contribution >= 4 is 21.9 Å². The summed E-state index contributed by atoms with van der Waals surface area (Å²) in [6, 6.07) is 4.94. The Bertz CT molecular complexity index is 823. The number of aromatic hydroxyl groups is 1. The molecule has 0 amide bonds. The monoisotopic (exact) mass is 408 g/mol. The first-order valence-corrected chi connectivity index (χ1v) is 8.16. The molecular weight excluding hydrogens is 392 g/mol. The molecule has 3 N–H and O–H groups in total. The minimum absolute atomic E-state index is 0.0546. The highest BCUT2D eigenvalue weighted by Gasteiger charge is 2.37. The molecule has 1 aromatic carbocycles. The van der Waals surface area contributed by atoms with Crippen molar-refractivity contribution in [1.29, 1.82) is 5.26 Å². The van der Waals surface area contributed by atoms with E-state index in [1.165, 1.54) is 13.2 Å². The summed E-state index contributed by atoms with van der Waals surface area (Å²) in [5.74, 6) is -1.21. The maximum atomic E-state index is 12.4. The number of benzene rings is 1. The van der Waals surface area contributed by atoms with Gasteiger partial charge >= 0.3 is 5.97 Å². The van der Waals surface area contributed by atoms with E-state index in [1.54, 1.807) is 19.9 Å². The first-order chi connectivity index (χ1) is 11.8. The minimum atomic E-state index is -0.844. The highest BCUT2D eigenvalue weighted by Crippen LogP contribution is 2.45. The Balaban J connectivity index is 2.71. The number of phenolic OH excluding ortho intramolecular Hbond substituents is 1. The molecule has 0 aromatic heterocycles. The van der Waals surface area contributed by atoms with Crippen molar-refractivity contribution in [3.05, 3.63) is 45.0 Å². The Hall–Kier alpha value is -2.66. The molecule has 1 aliphatic rings. The standard InChI is InChI=1S/C17H17BrN2O5/c1-4-24-17(22)14-8(2)25-16(20)10(7-19)15(14)9-5-12(21)13(23-3)6-11(9)18/h5-6,15,21H,4,20H2,1-3H3. The molecule has 0 aliphatic carbocycles. The summed E-state index contributed by atoms with van der Waals surface area (Å²) in [5.41, 5.74) is 6.50. The van der Waals surface area contributed by atoms with Gasteiger partial charge in [-0.3, -0.25) is 0 Å². The lowest BCUT2D eigenvalue weighted by Crippen LogP contribution is -2.25. The number of esters is 1. The van der Waals surface area contributed by atoms with Gasteiger partial charge in [0.2, 0.25) is 5.88 Å². The number of carbonyl (C=O) groups excluding carboxylic acids is 1. The maximum absolute atomic E-state index is 12.4. The fourth-order valence-electron chi connectivity index (χ4n) is 2.61. The van der Waals surface area contributed by atoms with Crippen LogP contribution in [0.2, 0.25) is 0 Å². The summed E-state index contributed by atoms with van der Waals surface area (Å²) in [7, 11) is 1.42. The van der Waals surface area contributed by atoms with Crippen LogP contribution < -0.4 is 10.5 Å². The van der Waals surface area contributed by atoms with Gasteiger partial charge in [0.05, 0.1) is 25.2 Å². The van der Waals surface area contributed by atoms with Gasteiger partial charge in [0.25, 0.3) is 0 Å². The molecule has 0 saturated carbocycles. The van der Waals surface area contributed by atoms with Gasteiger partial charge in [-0.2, -0.15) is 5.26 Å². The predicted molar refractivity (Wildman–Crippen MR) is 92.3 cm³/mol. The average molecular weight is 409 g/mol. The van der Waals surface area contributed by atoms with Crippen molar-refractivity contribution in [2.45, 2.75) is 19.8 Å². The summed E-state index contributed by atoms with van der Waals surface area (Å²) in [6.07, 6.45) is 0. The molecule has 8 heteroatoms. The van der Waals surface area contributed by atoms with Crippen LogP contribution >= 0.6 is 15.9 Å². The number of carbonyl (C=O) groups is 1. The van der Waals surface area contributed by atoms with Crippen molar-refractivity contribution in [3.8, 4) is 17.6 Å². The van der Waals surface area contributed by atoms with Crippen LogP contribution in [-0.2, 0) is 14.3 Å². The zero-order valence-corrected chi connectivity index (χ0v) is 15.5. The average Bonchev–Trinajstić information content (AvgIpc) is 2.56. The topological polar surface area (TPSA) is 115 Å². The van der Waals surface area contributed by atoms with Crippen LogP contribution in [0.5, 0.6) is 11.5 Å². The molecule has 1 unspecified atom stereocenters. The molecule has 132 valence electrons. The molecule has 2 rings (SSSR count). The normalized spacial score (nSPS) is 17.0. The van der Waals surface area contributed by atoms with E-state index in [4.69, 9.17) is 19.9 Å². The van der Waals surface area contributed by atoms with Gasteiger partial charge in [-0.1, -0.05) is 15.9 Å². The Morgan fingerprint density at radius 1 is 1.52 bits per heavy atom. The predicted octanol–water partition coefficient (Wildman–Crippen LogP) is 2.81. The van der Waals surface area contributed by atoms with E-state index in [2.05, 4.69) is 15.9 Å². The molecule has 25 heavy (non-hydrogen) atoms. The third kappa shape index (κ3) is 3.42. The summed E-state index contributed by atoms with van der Waals surface area (Å²) in [5, 5.41) is 19.7. The molecule has 0 bridgehead atoms. The zero-order chi connectivity index (χ0) is 18.7. The van der Waals surface area contributed by atoms with E-state index in [0.717, 1.165) is 0 Å². The maximum Gasteiger partial charge on any atom is 0.338 e. The number of ether oxygens (including phenoxy) is 3. The van der Waals surface area contributed by atoms with E-state index in [1.807, 2.05) is 6.07 Å². The number of allylic oxidation sites excluding steroid dienone is 2. The van der Waals surface area contributed by atoms with Crippen LogP contribution in [0.15, 0.2) is 39.4 Å². The number of rotatable bonds is 4. The fourth-order valence-corrected chi connectivity index (χ4v) is 3.16. The molecule has 1 heterocycles. The van der Waals surface area contributed by atoms with Gasteiger partial charge in [-0.05, 0) is 31.5 Å². The first-order valence-electron chi connectivity index (χ1n) is 7.37. The SMILES string of the molecule is CCOC(=O)C1=C(C)OC(N)=C(C#N)C1c1cc(O)c(OC)cc1Br. The third-order valence-corrected chi connectivity index (χ3v) is 4.40. The van der Waals surface area contributed by atoms with Crippen molar-refractivity contribution < 1.29 is 24.1 Å². The minimum Gasteiger partial charge on any atom is -0.504 e. The number of nitrogens with zero attached hydrogens (tertiary/aromatic N) is 1. The van der Waals surface area contributed by atoms with E-state index in [9.17, 15) is 15.2 Å². The number of nitriles is 1. The van der Waals surface area contributed by atoms with Crippen LogP contribution in [0.1, 0.15) is 25.3 Å². The van der Waals surface area contributed by atoms with Gasteiger partial charge in [-0.25, -0.2) is 4.79 Å². The van der Waals surface area contributed by atoms with Crippen molar-refractivity contribution in [2.75, 3.05) is 13.7 Å². The third-order valence-electron chi connectivity index (χ3n) is 3.71. The first kappa shape index (κ1) is 18.7. The molecule has 7 nitrogen and oxygen atoms in total. The molecule has 0 saturated heterocycles. The van der Waals surface area contributed by atoms with E-state index >= 15 is 0 Å². The van der Waals surface area contributed by atoms with Crippen LogP contribution in [-0.4, -0.2) is 24.8 Å². The highest BCUT2D eigenvalue weighted by molar-refractivity contribution is 9.10. The molecular formula is C17H17BrN2O5. The number of methoxy groups -OCH3 is 1. The highest BCUT2D eigenvalue weighted by atomic mass is 79.9. The van der Waals surface area contributed by atoms with E-state index in [-0.39, 0.29) is 40.9 Å².